The van der Waals surface area contributed by atoms with Crippen molar-refractivity contribution in [3.05, 3.63) is 250 Å². The summed E-state index contributed by atoms with van der Waals surface area (Å²) in [7, 11) is 0. The van der Waals surface area contributed by atoms with E-state index in [1.54, 1.807) is 105 Å². The van der Waals surface area contributed by atoms with Crippen LogP contribution in [0, 0.1) is 45.9 Å². The number of rotatable bonds is 7. The first kappa shape index (κ1) is 55.8. The van der Waals surface area contributed by atoms with Gasteiger partial charge in [0.15, 0.2) is 21.7 Å². The monoisotopic (exact) mass is 1250 g/mol. The molecular formula is C66H51N15O4S4+8. The Morgan fingerprint density at radius 2 is 1.03 bits per heavy atom. The van der Waals surface area contributed by atoms with Crippen LogP contribution in [-0.2, 0) is 0 Å². The number of pyridine rings is 2. The molecule has 0 N–H and O–H groups in total. The van der Waals surface area contributed by atoms with Crippen molar-refractivity contribution in [3.8, 4) is 52.1 Å². The molecule has 430 valence electrons. The Labute approximate surface area is 522 Å². The fraction of sp³-hybridized carbons (Fsp3) is 0.0758. The maximum atomic E-state index is 9.37. The molecule has 0 atom stereocenters. The minimum absolute atomic E-state index is 0.680. The minimum Gasteiger partial charge on any atom is -0.432 e. The molecule has 0 amide bonds. The highest BCUT2D eigenvalue weighted by atomic mass is 32.1. The van der Waals surface area contributed by atoms with Gasteiger partial charge in [0.05, 0.1) is 43.8 Å². The van der Waals surface area contributed by atoms with Gasteiger partial charge in [-0.05, 0) is 60.6 Å². The van der Waals surface area contributed by atoms with Gasteiger partial charge in [-0.25, -0.2) is 9.05 Å². The molecular weight excluding hydrogens is 1200 g/mol. The Balaban J connectivity index is 0.000000106. The zero-order valence-electron chi connectivity index (χ0n) is 48.3. The lowest BCUT2D eigenvalue weighted by atomic mass is 9.98. The van der Waals surface area contributed by atoms with Crippen molar-refractivity contribution in [2.75, 3.05) is 0 Å². The topological polar surface area (TPSA) is 185 Å². The lowest BCUT2D eigenvalue weighted by Crippen LogP contribution is -2.35. The molecule has 89 heavy (non-hydrogen) atoms. The molecule has 0 unspecified atom stereocenters. The molecule has 0 radical (unpaired) electrons. The maximum Gasteiger partial charge on any atom is 0.386 e. The second-order valence-electron chi connectivity index (χ2n) is 20.5. The number of hydrogen-bond acceptors (Lipinski definition) is 15. The van der Waals surface area contributed by atoms with Gasteiger partial charge in [0.25, 0.3) is 12.8 Å². The summed E-state index contributed by atoms with van der Waals surface area (Å²) in [6, 6.07) is 41.2. The molecule has 0 aliphatic heterocycles. The normalized spacial score (nSPS) is 11.2. The van der Waals surface area contributed by atoms with Crippen LogP contribution in [0.15, 0.2) is 235 Å². The highest BCUT2D eigenvalue weighted by Crippen LogP contribution is 2.33. The van der Waals surface area contributed by atoms with Gasteiger partial charge in [-0.1, -0.05) is 77.3 Å². The van der Waals surface area contributed by atoms with Crippen LogP contribution >= 0.6 is 45.3 Å². The minimum atomic E-state index is 0.680. The fourth-order valence-electron chi connectivity index (χ4n) is 10.5. The van der Waals surface area contributed by atoms with E-state index in [0.29, 0.717) is 5.56 Å². The molecule has 0 saturated heterocycles. The summed E-state index contributed by atoms with van der Waals surface area (Å²) in [6.07, 6.45) is 18.6. The van der Waals surface area contributed by atoms with E-state index in [9.17, 15) is 5.26 Å². The molecule has 0 saturated carbocycles. The number of benzene rings is 5. The van der Waals surface area contributed by atoms with Gasteiger partial charge in [0.2, 0.25) is 22.4 Å². The van der Waals surface area contributed by atoms with Crippen LogP contribution in [0.25, 0.3) is 101 Å². The van der Waals surface area contributed by atoms with E-state index < -0.39 is 0 Å². The van der Waals surface area contributed by atoms with Crippen molar-refractivity contribution in [2.24, 2.45) is 0 Å². The Morgan fingerprint density at radius 3 is 1.58 bits per heavy atom. The summed E-state index contributed by atoms with van der Waals surface area (Å²) in [5, 5.41) is 28.7. The second-order valence-corrected chi connectivity index (χ2v) is 24.1. The Hall–Kier alpha value is -11.0. The van der Waals surface area contributed by atoms with Crippen molar-refractivity contribution in [3.63, 3.8) is 0 Å². The highest BCUT2D eigenvalue weighted by molar-refractivity contribution is 7.09. The summed E-state index contributed by atoms with van der Waals surface area (Å²) in [4.78, 5) is 20.3. The Kier molecular flexibility index (Phi) is 15.1. The first-order chi connectivity index (χ1) is 43.6. The van der Waals surface area contributed by atoms with Crippen molar-refractivity contribution in [2.45, 2.75) is 34.6 Å². The predicted octanol–water partition coefficient (Wildman–Crippen LogP) is 10.6. The van der Waals surface area contributed by atoms with Gasteiger partial charge in [0.1, 0.15) is 71.5 Å². The van der Waals surface area contributed by atoms with Crippen molar-refractivity contribution < 1.29 is 54.1 Å². The van der Waals surface area contributed by atoms with Crippen LogP contribution in [0.5, 0.6) is 0 Å². The Morgan fingerprint density at radius 1 is 0.483 bits per heavy atom. The van der Waals surface area contributed by atoms with E-state index in [1.165, 1.54) is 33.0 Å². The van der Waals surface area contributed by atoms with Gasteiger partial charge in [-0.2, -0.15) is 41.5 Å². The zero-order chi connectivity index (χ0) is 60.5. The molecule has 12 heterocycles. The highest BCUT2D eigenvalue weighted by Gasteiger charge is 2.28. The van der Waals surface area contributed by atoms with E-state index in [-0.39, 0.29) is 0 Å². The molecule has 19 nitrogen and oxygen atoms in total. The largest absolute Gasteiger partial charge is 0.432 e. The number of aryl methyl sites for hydroxylation is 3. The Bertz CT molecular complexity index is 5260. The summed E-state index contributed by atoms with van der Waals surface area (Å²) in [5.41, 5.74) is 19.3. The summed E-state index contributed by atoms with van der Waals surface area (Å²) >= 11 is 6.72. The number of thiazole rings is 4. The molecule has 12 aromatic heterocycles. The number of oxazole rings is 2. The van der Waals surface area contributed by atoms with Crippen molar-refractivity contribution in [1.29, 1.82) is 5.26 Å². The zero-order valence-corrected chi connectivity index (χ0v) is 51.5. The summed E-state index contributed by atoms with van der Waals surface area (Å²) in [6.45, 7) is 10.6. The lowest BCUT2D eigenvalue weighted by Gasteiger charge is -2.07. The van der Waals surface area contributed by atoms with Gasteiger partial charge in [0, 0.05) is 74.3 Å². The average molecular weight is 1250 g/mol. The van der Waals surface area contributed by atoms with Crippen LogP contribution in [0.2, 0.25) is 0 Å². The number of aromatic nitrogens is 14. The molecule has 17 aromatic rings. The predicted molar refractivity (Wildman–Crippen MR) is 332 cm³/mol. The van der Waals surface area contributed by atoms with Gasteiger partial charge in [-0.15, -0.1) is 22.7 Å². The standard InChI is InChI=1S/C23H14N4O2.C17H17N3S2.C16H12N4S2.C10H8N4O2/c1-13-5-4-8-15-18-9-17-14-6-2-3-7-16(14)22-24-28-11-26(22)19(17)10-20(18)27-12-29-25-23(27)21(13)15;1-11-13(3)21-9-19(11)16-5-15(8-18)6-17(7-16)20-10-22-14(4)12(20)2;1-2-4-13(5-3-1)16-17-14(19-6-8-21-11-19)10-15(18-16)20-7-9-22-12-20;1-3-15-7-13(1)9-5-10(12-6-11-9)14-2-4-16-8-14/h2-12H,1H3;5-7,9-10H,1-4H3;1-12H;1-8H/q4*+2. The maximum absolute atomic E-state index is 9.37. The van der Waals surface area contributed by atoms with Gasteiger partial charge < -0.3 is 8.83 Å². The van der Waals surface area contributed by atoms with E-state index in [2.05, 4.69) is 136 Å². The third-order valence-corrected chi connectivity index (χ3v) is 18.4. The average Bonchev–Trinajstić information content (AvgIpc) is 1.94. The molecule has 0 aliphatic rings. The van der Waals surface area contributed by atoms with E-state index >= 15 is 0 Å². The fourth-order valence-corrected chi connectivity index (χ4v) is 13.3. The van der Waals surface area contributed by atoms with Crippen LogP contribution in [0.1, 0.15) is 32.3 Å². The van der Waals surface area contributed by atoms with E-state index in [0.717, 1.165) is 101 Å². The van der Waals surface area contributed by atoms with Crippen LogP contribution < -0.4 is 36.2 Å². The SMILES string of the molecule is Cc1cccc2c3cc4c5ccccc5c5noc[n+]5c4cc3[n+]3conc3c12.Cc1sc[n+](-c2cc(C#N)cc(-[n+]3csc(C)c3C)c2)c1C.c1ccc(-c2nc(-[n+]3ccsc3)cc(-[n+]3ccsc3)n2)cc1.c1nc(-[n+]2ccoc2)cc(-[n+]2ccoc2)n1. The summed E-state index contributed by atoms with van der Waals surface area (Å²) in [5.74, 6) is 3.91. The molecule has 23 heteroatoms. The van der Waals surface area contributed by atoms with Gasteiger partial charge >= 0.3 is 59.5 Å². The van der Waals surface area contributed by atoms with E-state index in [4.69, 9.17) is 27.8 Å². The second kappa shape index (κ2) is 24.0. The summed E-state index contributed by atoms with van der Waals surface area (Å²) < 4.78 is 36.5. The van der Waals surface area contributed by atoms with Crippen LogP contribution in [-0.4, -0.2) is 30.2 Å². The molecule has 0 bridgehead atoms. The first-order valence-electron chi connectivity index (χ1n) is 27.8. The van der Waals surface area contributed by atoms with Crippen LogP contribution in [0.3, 0.4) is 0 Å². The van der Waals surface area contributed by atoms with Crippen molar-refractivity contribution in [1.82, 2.24) is 30.2 Å². The third kappa shape index (κ3) is 10.8. The molecule has 5 aromatic carbocycles. The molecule has 17 rings (SSSR count). The first-order valence-corrected chi connectivity index (χ1v) is 31.4. The number of nitriles is 1. The number of fused-ring (bicyclic) bond motifs is 12. The number of nitrogens with zero attached hydrogens (tertiary/aromatic N) is 15. The quantitative estimate of drug-likeness (QED) is 0.0840. The number of hydrogen-bond donors (Lipinski definition) is 0. The smallest absolute Gasteiger partial charge is 0.386 e. The van der Waals surface area contributed by atoms with Gasteiger partial charge in [-0.3, -0.25) is 0 Å². The molecule has 0 aliphatic carbocycles. The van der Waals surface area contributed by atoms with Crippen LogP contribution in [0.4, 0.5) is 0 Å². The van der Waals surface area contributed by atoms with E-state index in [1.807, 2.05) is 113 Å². The third-order valence-electron chi connectivity index (χ3n) is 15.2. The molecule has 0 fully saturated rings. The van der Waals surface area contributed by atoms with Crippen molar-refractivity contribution >= 4 is 100.0 Å². The lowest BCUT2D eigenvalue weighted by molar-refractivity contribution is -0.612. The molecule has 0 spiro atoms.